The zero-order chi connectivity index (χ0) is 10.7. The molecule has 0 spiro atoms. The highest BCUT2D eigenvalue weighted by Gasteiger charge is 2.10. The molecule has 0 aliphatic heterocycles. The maximum atomic E-state index is 5.50. The second kappa shape index (κ2) is 4.68. The van der Waals surface area contributed by atoms with Crippen LogP contribution in [0.15, 0.2) is 18.5 Å². The van der Waals surface area contributed by atoms with Gasteiger partial charge in [-0.25, -0.2) is 4.98 Å². The monoisotopic (exact) mass is 221 g/mol. The Bertz CT molecular complexity index is 405. The van der Waals surface area contributed by atoms with Crippen molar-refractivity contribution in [2.45, 2.75) is 25.7 Å². The molecule has 0 fully saturated rings. The number of fused-ring (bicyclic) bond motifs is 1. The lowest BCUT2D eigenvalue weighted by Crippen LogP contribution is -2.01. The van der Waals surface area contributed by atoms with Crippen molar-refractivity contribution in [1.29, 1.82) is 0 Å². The molecule has 2 aromatic heterocycles. The minimum absolute atomic E-state index is 0.506. The molecule has 3 nitrogen and oxygen atoms in total. The Morgan fingerprint density at radius 2 is 2.40 bits per heavy atom. The molecule has 0 radical (unpaired) electrons. The van der Waals surface area contributed by atoms with Crippen LogP contribution in [0.4, 0.5) is 0 Å². The number of aromatic nitrogens is 2. The van der Waals surface area contributed by atoms with Gasteiger partial charge in [-0.2, -0.15) is 0 Å². The van der Waals surface area contributed by atoms with Crippen molar-refractivity contribution < 1.29 is 0 Å². The van der Waals surface area contributed by atoms with Gasteiger partial charge in [0.1, 0.15) is 0 Å². The lowest BCUT2D eigenvalue weighted by atomic mass is 10.1. The first-order valence-corrected chi connectivity index (χ1v) is 6.03. The van der Waals surface area contributed by atoms with E-state index in [-0.39, 0.29) is 0 Å². The maximum Gasteiger partial charge on any atom is 0.0998 e. The number of hydrogen-bond donors (Lipinski definition) is 1. The van der Waals surface area contributed by atoms with E-state index in [9.17, 15) is 0 Å². The molecule has 1 atom stereocenters. The largest absolute Gasteiger partial charge is 0.330 e. The van der Waals surface area contributed by atoms with Gasteiger partial charge in [0.25, 0.3) is 0 Å². The van der Waals surface area contributed by atoms with E-state index >= 15 is 0 Å². The van der Waals surface area contributed by atoms with Gasteiger partial charge in [-0.1, -0.05) is 6.92 Å². The topological polar surface area (TPSA) is 51.8 Å². The van der Waals surface area contributed by atoms with Crippen molar-refractivity contribution in [3.8, 4) is 0 Å². The molecule has 2 heterocycles. The minimum Gasteiger partial charge on any atom is -0.330 e. The molecule has 2 rings (SSSR count). The lowest BCUT2D eigenvalue weighted by molar-refractivity contribution is 0.638. The third-order valence-electron chi connectivity index (χ3n) is 2.47. The highest BCUT2D eigenvalue weighted by Crippen LogP contribution is 2.28. The first-order chi connectivity index (χ1) is 7.31. The molecular formula is C11H15N3S. The number of nitrogens with two attached hydrogens (primary N) is 1. The number of thiazole rings is 1. The van der Waals surface area contributed by atoms with E-state index < -0.39 is 0 Å². The molecule has 2 aromatic rings. The molecule has 0 aliphatic rings. The lowest BCUT2D eigenvalue weighted by Gasteiger charge is -2.05. The van der Waals surface area contributed by atoms with Crippen LogP contribution in [-0.2, 0) is 0 Å². The summed E-state index contributed by atoms with van der Waals surface area (Å²) in [6.07, 6.45) is 5.82. The molecule has 80 valence electrons. The predicted molar refractivity (Wildman–Crippen MR) is 64.1 cm³/mol. The Kier molecular flexibility index (Phi) is 3.28. The average Bonchev–Trinajstić information content (AvgIpc) is 2.69. The summed E-state index contributed by atoms with van der Waals surface area (Å²) in [5.74, 6) is 0.506. The Labute approximate surface area is 93.4 Å². The number of pyridine rings is 1. The molecule has 0 amide bonds. The SMILES string of the molecule is CC(CCCN)c1nc2cnccc2s1. The fraction of sp³-hybridized carbons (Fsp3) is 0.455. The van der Waals surface area contributed by atoms with Crippen molar-refractivity contribution >= 4 is 21.6 Å². The van der Waals surface area contributed by atoms with Crippen molar-refractivity contribution in [2.24, 2.45) is 5.73 Å². The van der Waals surface area contributed by atoms with Crippen LogP contribution >= 0.6 is 11.3 Å². The molecule has 0 saturated heterocycles. The van der Waals surface area contributed by atoms with Gasteiger partial charge >= 0.3 is 0 Å². The van der Waals surface area contributed by atoms with Crippen molar-refractivity contribution in [3.63, 3.8) is 0 Å². The van der Waals surface area contributed by atoms with Gasteiger partial charge in [0.2, 0.25) is 0 Å². The first kappa shape index (κ1) is 10.5. The smallest absolute Gasteiger partial charge is 0.0998 e. The molecule has 0 aromatic carbocycles. The second-order valence-electron chi connectivity index (χ2n) is 3.73. The summed E-state index contributed by atoms with van der Waals surface area (Å²) in [7, 11) is 0. The Hall–Kier alpha value is -1.00. The van der Waals surface area contributed by atoms with E-state index in [0.29, 0.717) is 5.92 Å². The molecule has 1 unspecified atom stereocenters. The fourth-order valence-electron chi connectivity index (χ4n) is 1.56. The van der Waals surface area contributed by atoms with Crippen LogP contribution in [0, 0.1) is 0 Å². The third kappa shape index (κ3) is 2.33. The van der Waals surface area contributed by atoms with Crippen molar-refractivity contribution in [3.05, 3.63) is 23.5 Å². The second-order valence-corrected chi connectivity index (χ2v) is 4.79. The standard InChI is InChI=1S/C11H15N3S/c1-8(3-2-5-12)11-14-9-7-13-6-4-10(9)15-11/h4,6-8H,2-3,5,12H2,1H3. The maximum absolute atomic E-state index is 5.50. The molecule has 15 heavy (non-hydrogen) atoms. The van der Waals surface area contributed by atoms with Gasteiger partial charge in [0.15, 0.2) is 0 Å². The van der Waals surface area contributed by atoms with Gasteiger partial charge in [0, 0.05) is 12.1 Å². The van der Waals surface area contributed by atoms with Crippen LogP contribution in [0.1, 0.15) is 30.7 Å². The van der Waals surface area contributed by atoms with Crippen LogP contribution in [0.25, 0.3) is 10.2 Å². The summed E-state index contributed by atoms with van der Waals surface area (Å²) in [6.45, 7) is 2.97. The summed E-state index contributed by atoms with van der Waals surface area (Å²) in [4.78, 5) is 8.65. The van der Waals surface area contributed by atoms with Gasteiger partial charge in [-0.05, 0) is 25.5 Å². The van der Waals surface area contributed by atoms with E-state index in [1.165, 1.54) is 9.71 Å². The number of hydrogen-bond acceptors (Lipinski definition) is 4. The summed E-state index contributed by atoms with van der Waals surface area (Å²) >= 11 is 1.76. The van der Waals surface area contributed by atoms with E-state index in [2.05, 4.69) is 16.9 Å². The molecule has 0 saturated carbocycles. The van der Waals surface area contributed by atoms with Crippen LogP contribution in [0.3, 0.4) is 0 Å². The molecule has 2 N–H and O–H groups in total. The van der Waals surface area contributed by atoms with Gasteiger partial charge in [0.05, 0.1) is 21.4 Å². The van der Waals surface area contributed by atoms with Gasteiger partial charge in [-0.3, -0.25) is 4.98 Å². The number of nitrogens with zero attached hydrogens (tertiary/aromatic N) is 2. The quantitative estimate of drug-likeness (QED) is 0.863. The summed E-state index contributed by atoms with van der Waals surface area (Å²) < 4.78 is 1.22. The molecular weight excluding hydrogens is 206 g/mol. The van der Waals surface area contributed by atoms with Crippen molar-refractivity contribution in [1.82, 2.24) is 9.97 Å². The molecule has 0 aliphatic carbocycles. The fourth-order valence-corrected chi connectivity index (χ4v) is 2.58. The van der Waals surface area contributed by atoms with Crippen LogP contribution < -0.4 is 5.73 Å². The van der Waals surface area contributed by atoms with Crippen LogP contribution in [0.5, 0.6) is 0 Å². The summed E-state index contributed by atoms with van der Waals surface area (Å²) in [5, 5.41) is 1.20. The van der Waals surface area contributed by atoms with E-state index in [0.717, 1.165) is 24.9 Å². The first-order valence-electron chi connectivity index (χ1n) is 5.22. The summed E-state index contributed by atoms with van der Waals surface area (Å²) in [6, 6.07) is 2.02. The van der Waals surface area contributed by atoms with E-state index in [4.69, 9.17) is 5.73 Å². The van der Waals surface area contributed by atoms with Gasteiger partial charge < -0.3 is 5.73 Å². The Morgan fingerprint density at radius 1 is 1.53 bits per heavy atom. The van der Waals surface area contributed by atoms with Gasteiger partial charge in [-0.15, -0.1) is 11.3 Å². The molecule has 4 heteroatoms. The predicted octanol–water partition coefficient (Wildman–Crippen LogP) is 2.53. The zero-order valence-electron chi connectivity index (χ0n) is 8.81. The van der Waals surface area contributed by atoms with E-state index in [1.807, 2.05) is 18.5 Å². The van der Waals surface area contributed by atoms with Crippen LogP contribution in [-0.4, -0.2) is 16.5 Å². The third-order valence-corrected chi connectivity index (χ3v) is 3.74. The van der Waals surface area contributed by atoms with Crippen LogP contribution in [0.2, 0.25) is 0 Å². The van der Waals surface area contributed by atoms with E-state index in [1.54, 1.807) is 11.3 Å². The Balaban J connectivity index is 2.20. The van der Waals surface area contributed by atoms with Crippen molar-refractivity contribution in [2.75, 3.05) is 6.54 Å². The average molecular weight is 221 g/mol. The highest BCUT2D eigenvalue weighted by atomic mass is 32.1. The number of rotatable bonds is 4. The highest BCUT2D eigenvalue weighted by molar-refractivity contribution is 7.18. The minimum atomic E-state index is 0.506. The Morgan fingerprint density at radius 3 is 3.13 bits per heavy atom. The zero-order valence-corrected chi connectivity index (χ0v) is 9.63. The summed E-state index contributed by atoms with van der Waals surface area (Å²) in [5.41, 5.74) is 6.51. The normalized spacial score (nSPS) is 13.2. The molecule has 0 bridgehead atoms.